The van der Waals surface area contributed by atoms with Crippen LogP contribution in [0.5, 0.6) is 0 Å². The molecule has 130 valence electrons. The number of nitrogens with zero attached hydrogens (tertiary/aromatic N) is 3. The molecule has 1 N–H and O–H groups in total. The van der Waals surface area contributed by atoms with E-state index in [9.17, 15) is 4.79 Å². The van der Waals surface area contributed by atoms with E-state index in [-0.39, 0.29) is 11.6 Å². The van der Waals surface area contributed by atoms with Gasteiger partial charge in [-0.15, -0.1) is 0 Å². The Morgan fingerprint density at radius 3 is 2.50 bits per heavy atom. The van der Waals surface area contributed by atoms with Gasteiger partial charge < -0.3 is 0 Å². The zero-order valence-electron chi connectivity index (χ0n) is 14.6. The molecule has 4 rings (SSSR count). The maximum absolute atomic E-state index is 13.1. The van der Waals surface area contributed by atoms with Gasteiger partial charge >= 0.3 is 0 Å². The van der Waals surface area contributed by atoms with Gasteiger partial charge in [0, 0.05) is 12.2 Å². The maximum Gasteiger partial charge on any atom is 0.261 e. The second kappa shape index (κ2) is 6.96. The first-order chi connectivity index (χ1) is 12.7. The number of fused-ring (bicyclic) bond motifs is 1. The molecule has 0 saturated heterocycles. The van der Waals surface area contributed by atoms with Crippen molar-refractivity contribution in [2.24, 2.45) is 5.10 Å². The van der Waals surface area contributed by atoms with Gasteiger partial charge in [-0.2, -0.15) is 5.10 Å². The molecule has 0 amide bonds. The van der Waals surface area contributed by atoms with Crippen molar-refractivity contribution in [3.63, 3.8) is 0 Å². The molecule has 0 aliphatic carbocycles. The average molecular weight is 344 g/mol. The van der Waals surface area contributed by atoms with Crippen LogP contribution in [0.25, 0.3) is 11.1 Å². The van der Waals surface area contributed by atoms with Crippen molar-refractivity contribution in [1.82, 2.24) is 9.55 Å². The van der Waals surface area contributed by atoms with Crippen LogP contribution in [-0.2, 0) is 0 Å². The lowest BCUT2D eigenvalue weighted by atomic mass is 10.0. The largest absolute Gasteiger partial charge is 0.288 e. The number of rotatable bonds is 3. The lowest BCUT2D eigenvalue weighted by molar-refractivity contribution is 0.472. The number of hydrazone groups is 1. The highest BCUT2D eigenvalue weighted by molar-refractivity contribution is 5.98. The summed E-state index contributed by atoms with van der Waals surface area (Å²) in [5.41, 5.74) is 6.29. The molecule has 5 heteroatoms. The minimum Gasteiger partial charge on any atom is -0.288 e. The van der Waals surface area contributed by atoms with Crippen LogP contribution >= 0.6 is 0 Å². The van der Waals surface area contributed by atoms with Crippen LogP contribution in [0.2, 0.25) is 0 Å². The van der Waals surface area contributed by atoms with Crippen molar-refractivity contribution in [1.29, 1.82) is 0 Å². The van der Waals surface area contributed by atoms with E-state index in [1.165, 1.54) is 0 Å². The zero-order chi connectivity index (χ0) is 17.9. The third kappa shape index (κ3) is 3.04. The number of hydrogen-bond acceptors (Lipinski definition) is 4. The van der Waals surface area contributed by atoms with Gasteiger partial charge in [-0.05, 0) is 37.5 Å². The number of benzene rings is 2. The van der Waals surface area contributed by atoms with Crippen LogP contribution in [0, 0.1) is 0 Å². The summed E-state index contributed by atoms with van der Waals surface area (Å²) in [6, 6.07) is 19.5. The number of hydrogen-bond donors (Lipinski definition) is 1. The molecule has 1 aromatic heterocycles. The topological polar surface area (TPSA) is 59.3 Å². The van der Waals surface area contributed by atoms with Gasteiger partial charge in [0.2, 0.25) is 0 Å². The Hall–Kier alpha value is -3.21. The molecule has 1 aliphatic rings. The van der Waals surface area contributed by atoms with Crippen molar-refractivity contribution in [3.05, 3.63) is 83.0 Å². The summed E-state index contributed by atoms with van der Waals surface area (Å²) in [6.07, 6.45) is 3.32. The first kappa shape index (κ1) is 16.3. The van der Waals surface area contributed by atoms with Crippen LogP contribution in [0.15, 0.2) is 76.8 Å². The monoisotopic (exact) mass is 344 g/mol. The molecule has 3 aromatic rings. The first-order valence-corrected chi connectivity index (χ1v) is 8.79. The van der Waals surface area contributed by atoms with Crippen molar-refractivity contribution in [2.45, 2.75) is 25.8 Å². The smallest absolute Gasteiger partial charge is 0.261 e. The van der Waals surface area contributed by atoms with Crippen molar-refractivity contribution >= 4 is 11.4 Å². The molecule has 1 aliphatic heterocycles. The Morgan fingerprint density at radius 1 is 1.08 bits per heavy atom. The van der Waals surface area contributed by atoms with Crippen molar-refractivity contribution in [3.8, 4) is 11.1 Å². The predicted molar refractivity (Wildman–Crippen MR) is 104 cm³/mol. The SMILES string of the molecule is CC1CC/C(=N/Nc2ccccc2)c2ncc(-c3ccccc3)c(=O)n21. The molecule has 0 bridgehead atoms. The highest BCUT2D eigenvalue weighted by Gasteiger charge is 2.25. The Bertz CT molecular complexity index is 994. The van der Waals surface area contributed by atoms with Gasteiger partial charge in [-0.25, -0.2) is 4.98 Å². The fourth-order valence-electron chi connectivity index (χ4n) is 3.24. The first-order valence-electron chi connectivity index (χ1n) is 8.79. The normalized spacial score (nSPS) is 17.7. The minimum absolute atomic E-state index is 0.0131. The van der Waals surface area contributed by atoms with E-state index >= 15 is 0 Å². The summed E-state index contributed by atoms with van der Waals surface area (Å²) in [6.45, 7) is 2.06. The molecule has 1 unspecified atom stereocenters. The van der Waals surface area contributed by atoms with Gasteiger partial charge in [0.25, 0.3) is 5.56 Å². The van der Waals surface area contributed by atoms with Crippen molar-refractivity contribution < 1.29 is 0 Å². The predicted octanol–water partition coefficient (Wildman–Crippen LogP) is 4.08. The second-order valence-electron chi connectivity index (χ2n) is 6.46. The molecule has 0 fully saturated rings. The lowest BCUT2D eigenvalue weighted by Gasteiger charge is -2.25. The Balaban J connectivity index is 1.75. The van der Waals surface area contributed by atoms with Gasteiger partial charge in [0.05, 0.1) is 11.3 Å². The van der Waals surface area contributed by atoms with Crippen LogP contribution in [0.4, 0.5) is 5.69 Å². The summed E-state index contributed by atoms with van der Waals surface area (Å²) in [5, 5.41) is 4.52. The van der Waals surface area contributed by atoms with E-state index in [1.807, 2.05) is 60.7 Å². The fourth-order valence-corrected chi connectivity index (χ4v) is 3.24. The standard InChI is InChI=1S/C21H20N4O/c1-15-12-13-19(24-23-17-10-6-3-7-11-17)20-22-14-18(21(26)25(15)20)16-8-4-2-5-9-16/h2-11,14-15,23H,12-13H2,1H3/b24-19-. The second-order valence-corrected chi connectivity index (χ2v) is 6.46. The molecule has 2 heterocycles. The molecule has 0 saturated carbocycles. The summed E-state index contributed by atoms with van der Waals surface area (Å²) in [7, 11) is 0. The van der Waals surface area contributed by atoms with Gasteiger partial charge in [0.1, 0.15) is 5.71 Å². The molecule has 0 radical (unpaired) electrons. The average Bonchev–Trinajstić information content (AvgIpc) is 2.69. The lowest BCUT2D eigenvalue weighted by Crippen LogP contribution is -2.35. The third-order valence-corrected chi connectivity index (χ3v) is 4.67. The van der Waals surface area contributed by atoms with Gasteiger partial charge in [-0.3, -0.25) is 14.8 Å². The molecular formula is C21H20N4O. The number of nitrogens with one attached hydrogen (secondary N) is 1. The Kier molecular flexibility index (Phi) is 4.35. The third-order valence-electron chi connectivity index (χ3n) is 4.67. The highest BCUT2D eigenvalue weighted by atomic mass is 16.1. The van der Waals surface area contributed by atoms with E-state index in [0.29, 0.717) is 11.4 Å². The Morgan fingerprint density at radius 2 is 1.77 bits per heavy atom. The quantitative estimate of drug-likeness (QED) is 0.728. The maximum atomic E-state index is 13.1. The van der Waals surface area contributed by atoms with Crippen LogP contribution in [0.1, 0.15) is 31.6 Å². The molecule has 0 spiro atoms. The summed E-state index contributed by atoms with van der Waals surface area (Å²) < 4.78 is 1.78. The highest BCUT2D eigenvalue weighted by Crippen LogP contribution is 2.24. The molecular weight excluding hydrogens is 324 g/mol. The van der Waals surface area contributed by atoms with Gasteiger partial charge in [0.15, 0.2) is 5.82 Å². The number of aromatic nitrogens is 2. The van der Waals surface area contributed by atoms with E-state index in [0.717, 1.165) is 29.8 Å². The summed E-state index contributed by atoms with van der Waals surface area (Å²) >= 11 is 0. The van der Waals surface area contributed by atoms with E-state index < -0.39 is 0 Å². The number of para-hydroxylation sites is 1. The minimum atomic E-state index is -0.0131. The number of anilines is 1. The Labute approximate surface area is 152 Å². The van der Waals surface area contributed by atoms with E-state index in [1.54, 1.807) is 10.8 Å². The van der Waals surface area contributed by atoms with E-state index in [4.69, 9.17) is 0 Å². The van der Waals surface area contributed by atoms with Crippen LogP contribution in [0.3, 0.4) is 0 Å². The van der Waals surface area contributed by atoms with Crippen LogP contribution < -0.4 is 11.0 Å². The molecule has 5 nitrogen and oxygen atoms in total. The zero-order valence-corrected chi connectivity index (χ0v) is 14.6. The summed E-state index contributed by atoms with van der Waals surface area (Å²) in [4.78, 5) is 17.7. The molecule has 2 aromatic carbocycles. The van der Waals surface area contributed by atoms with E-state index in [2.05, 4.69) is 22.4 Å². The van der Waals surface area contributed by atoms with Gasteiger partial charge in [-0.1, -0.05) is 48.5 Å². The molecule has 1 atom stereocenters. The fraction of sp³-hybridized carbons (Fsp3) is 0.190. The molecule has 26 heavy (non-hydrogen) atoms. The summed E-state index contributed by atoms with van der Waals surface area (Å²) in [5.74, 6) is 0.650. The van der Waals surface area contributed by atoms with Crippen molar-refractivity contribution in [2.75, 3.05) is 5.43 Å². The van der Waals surface area contributed by atoms with Crippen LogP contribution in [-0.4, -0.2) is 15.3 Å².